The molecule has 0 amide bonds. The van der Waals surface area contributed by atoms with Crippen LogP contribution in [-0.2, 0) is 16.7 Å². The Balaban J connectivity index is 1.72. The number of aromatic nitrogens is 1. The fourth-order valence-electron chi connectivity index (χ4n) is 4.01. The molecule has 27 heavy (non-hydrogen) atoms. The summed E-state index contributed by atoms with van der Waals surface area (Å²) in [6.45, 7) is 10.5. The van der Waals surface area contributed by atoms with Crippen LogP contribution >= 0.6 is 11.3 Å². The third kappa shape index (κ3) is 4.71. The van der Waals surface area contributed by atoms with Crippen molar-refractivity contribution < 1.29 is 9.47 Å². The van der Waals surface area contributed by atoms with Crippen molar-refractivity contribution in [2.45, 2.75) is 45.6 Å². The lowest BCUT2D eigenvalue weighted by molar-refractivity contribution is 0.0386. The van der Waals surface area contributed by atoms with Crippen molar-refractivity contribution in [3.05, 3.63) is 46.3 Å². The third-order valence-corrected chi connectivity index (χ3v) is 6.91. The smallest absolute Gasteiger partial charge is 0.212 e. The van der Waals surface area contributed by atoms with Crippen molar-refractivity contribution >= 4 is 11.3 Å². The van der Waals surface area contributed by atoms with E-state index in [9.17, 15) is 0 Å². The molecular formula is C22H32N2O2S. The van der Waals surface area contributed by atoms with E-state index in [-0.39, 0.29) is 11.0 Å². The molecule has 5 heteroatoms. The van der Waals surface area contributed by atoms with E-state index in [0.717, 1.165) is 32.7 Å². The first-order valence-corrected chi connectivity index (χ1v) is 10.7. The van der Waals surface area contributed by atoms with Crippen LogP contribution < -0.4 is 4.74 Å². The van der Waals surface area contributed by atoms with Gasteiger partial charge in [-0.3, -0.25) is 4.90 Å². The third-order valence-electron chi connectivity index (χ3n) is 5.98. The molecule has 1 fully saturated rings. The Labute approximate surface area is 167 Å². The zero-order chi connectivity index (χ0) is 19.3. The maximum absolute atomic E-state index is 5.94. The number of hydrogen-bond donors (Lipinski definition) is 0. The number of ether oxygens (including phenoxy) is 2. The average molecular weight is 389 g/mol. The summed E-state index contributed by atoms with van der Waals surface area (Å²) in [7, 11) is 1.66. The molecule has 1 atom stereocenters. The van der Waals surface area contributed by atoms with Crippen molar-refractivity contribution in [1.82, 2.24) is 9.88 Å². The van der Waals surface area contributed by atoms with E-state index in [1.807, 2.05) is 23.6 Å². The molecule has 1 saturated heterocycles. The highest BCUT2D eigenvalue weighted by Crippen LogP contribution is 2.42. The Morgan fingerprint density at radius 3 is 2.78 bits per heavy atom. The highest BCUT2D eigenvalue weighted by molar-refractivity contribution is 7.09. The van der Waals surface area contributed by atoms with E-state index in [4.69, 9.17) is 9.47 Å². The van der Waals surface area contributed by atoms with Gasteiger partial charge in [0.05, 0.1) is 13.7 Å². The molecule has 3 rings (SSSR count). The minimum Gasteiger partial charge on any atom is -0.481 e. The highest BCUT2D eigenvalue weighted by Gasteiger charge is 2.43. The molecule has 0 aromatic carbocycles. The van der Waals surface area contributed by atoms with Gasteiger partial charge in [-0.15, -0.1) is 11.3 Å². The maximum atomic E-state index is 5.94. The molecule has 0 unspecified atom stereocenters. The second kappa shape index (κ2) is 8.72. The molecule has 0 bridgehead atoms. The fourth-order valence-corrected chi connectivity index (χ4v) is 4.72. The van der Waals surface area contributed by atoms with Crippen LogP contribution in [0, 0.1) is 5.41 Å². The molecule has 2 aromatic rings. The zero-order valence-electron chi connectivity index (χ0n) is 17.0. The van der Waals surface area contributed by atoms with Crippen molar-refractivity contribution in [3.8, 4) is 5.88 Å². The first kappa shape index (κ1) is 20.3. The normalized spacial score (nSPS) is 20.9. The first-order chi connectivity index (χ1) is 13.0. The number of nitrogens with zero attached hydrogens (tertiary/aromatic N) is 2. The largest absolute Gasteiger partial charge is 0.481 e. The number of methoxy groups -OCH3 is 1. The molecule has 0 spiro atoms. The lowest BCUT2D eigenvalue weighted by atomic mass is 9.82. The summed E-state index contributed by atoms with van der Waals surface area (Å²) in [5.41, 5.74) is 1.40. The molecule has 0 N–H and O–H groups in total. The predicted molar refractivity (Wildman–Crippen MR) is 112 cm³/mol. The number of likely N-dealkylation sites (tertiary alicyclic amines) is 1. The van der Waals surface area contributed by atoms with Crippen LogP contribution in [-0.4, -0.2) is 43.3 Å². The van der Waals surface area contributed by atoms with Gasteiger partial charge in [0.25, 0.3) is 0 Å². The number of aryl methyl sites for hydroxylation is 1. The van der Waals surface area contributed by atoms with E-state index in [2.05, 4.69) is 54.2 Å². The van der Waals surface area contributed by atoms with Crippen molar-refractivity contribution in [2.75, 3.05) is 33.4 Å². The quantitative estimate of drug-likeness (QED) is 0.621. The van der Waals surface area contributed by atoms with Crippen LogP contribution in [0.25, 0.3) is 0 Å². The van der Waals surface area contributed by atoms with Gasteiger partial charge in [0.2, 0.25) is 5.88 Å². The van der Waals surface area contributed by atoms with Crippen LogP contribution in [0.2, 0.25) is 0 Å². The van der Waals surface area contributed by atoms with Crippen LogP contribution in [0.1, 0.15) is 44.1 Å². The highest BCUT2D eigenvalue weighted by atomic mass is 32.1. The molecule has 148 valence electrons. The van der Waals surface area contributed by atoms with Gasteiger partial charge in [-0.25, -0.2) is 4.98 Å². The summed E-state index contributed by atoms with van der Waals surface area (Å²) in [4.78, 5) is 8.49. The summed E-state index contributed by atoms with van der Waals surface area (Å²) >= 11 is 1.86. The Morgan fingerprint density at radius 2 is 2.15 bits per heavy atom. The number of thiophene rings is 1. The molecule has 1 aliphatic heterocycles. The molecular weight excluding hydrogens is 356 g/mol. The van der Waals surface area contributed by atoms with Gasteiger partial charge in [-0.1, -0.05) is 12.1 Å². The Kier molecular flexibility index (Phi) is 6.56. The van der Waals surface area contributed by atoms with Crippen molar-refractivity contribution in [2.24, 2.45) is 5.41 Å². The van der Waals surface area contributed by atoms with Crippen LogP contribution in [0.15, 0.2) is 35.8 Å². The lowest BCUT2D eigenvalue weighted by Crippen LogP contribution is -2.42. The Hall–Kier alpha value is -1.43. The maximum Gasteiger partial charge on any atom is 0.212 e. The average Bonchev–Trinajstić information content (AvgIpc) is 3.35. The number of hydrogen-bond acceptors (Lipinski definition) is 5. The lowest BCUT2D eigenvalue weighted by Gasteiger charge is -2.38. The van der Waals surface area contributed by atoms with Crippen molar-refractivity contribution in [3.63, 3.8) is 0 Å². The molecule has 0 radical (unpaired) electrons. The molecule has 0 aliphatic carbocycles. The van der Waals surface area contributed by atoms with E-state index in [1.165, 1.54) is 23.3 Å². The van der Waals surface area contributed by atoms with Gasteiger partial charge < -0.3 is 9.47 Å². The monoisotopic (exact) mass is 388 g/mol. The van der Waals surface area contributed by atoms with Crippen LogP contribution in [0.5, 0.6) is 5.88 Å². The molecule has 4 nitrogen and oxygen atoms in total. The summed E-state index contributed by atoms with van der Waals surface area (Å²) in [5.74, 6) is 0.664. The number of pyridine rings is 1. The van der Waals surface area contributed by atoms with Gasteiger partial charge >= 0.3 is 0 Å². The van der Waals surface area contributed by atoms with Gasteiger partial charge in [-0.05, 0) is 63.6 Å². The van der Waals surface area contributed by atoms with Crippen molar-refractivity contribution in [1.29, 1.82) is 0 Å². The van der Waals surface area contributed by atoms with Gasteiger partial charge in [-0.2, -0.15) is 0 Å². The minimum atomic E-state index is -0.0594. The molecule has 3 heterocycles. The summed E-state index contributed by atoms with van der Waals surface area (Å²) in [5, 5.41) is 2.17. The molecule has 1 aliphatic rings. The second-order valence-electron chi connectivity index (χ2n) is 8.04. The molecule has 2 aromatic heterocycles. The zero-order valence-corrected chi connectivity index (χ0v) is 17.8. The Bertz CT molecular complexity index is 700. The SMILES string of the molecule is CCOC[C@@]1(CCc2cccs2)CCN(C(C)(C)c2ccc(OC)nc2)C1. The van der Waals surface area contributed by atoms with Gasteiger partial charge in [0.15, 0.2) is 0 Å². The standard InChI is InChI=1S/C22H32N2O2S/c1-5-26-17-22(11-10-19-7-6-14-27-19)12-13-24(16-22)21(2,3)18-8-9-20(25-4)23-15-18/h6-9,14-15H,5,10-13,16-17H2,1-4H3/t22-/m0/s1. The summed E-state index contributed by atoms with van der Waals surface area (Å²) in [6, 6.07) is 8.49. The Morgan fingerprint density at radius 1 is 1.30 bits per heavy atom. The number of rotatable bonds is 9. The van der Waals surface area contributed by atoms with E-state index in [0.29, 0.717) is 5.88 Å². The van der Waals surface area contributed by atoms with E-state index in [1.54, 1.807) is 7.11 Å². The minimum absolute atomic E-state index is 0.0594. The topological polar surface area (TPSA) is 34.6 Å². The van der Waals surface area contributed by atoms with Crippen LogP contribution in [0.4, 0.5) is 0 Å². The second-order valence-corrected chi connectivity index (χ2v) is 9.07. The fraction of sp³-hybridized carbons (Fsp3) is 0.591. The molecule has 0 saturated carbocycles. The van der Waals surface area contributed by atoms with Gasteiger partial charge in [0, 0.05) is 41.2 Å². The summed E-state index contributed by atoms with van der Waals surface area (Å²) in [6.07, 6.45) is 5.46. The van der Waals surface area contributed by atoms with E-state index >= 15 is 0 Å². The van der Waals surface area contributed by atoms with Gasteiger partial charge in [0.1, 0.15) is 0 Å². The van der Waals surface area contributed by atoms with E-state index < -0.39 is 0 Å². The first-order valence-electron chi connectivity index (χ1n) is 9.85. The van der Waals surface area contributed by atoms with Crippen LogP contribution in [0.3, 0.4) is 0 Å². The summed E-state index contributed by atoms with van der Waals surface area (Å²) < 4.78 is 11.1. The predicted octanol–water partition coefficient (Wildman–Crippen LogP) is 4.75.